The Kier molecular flexibility index (Phi) is 4.88. The van der Waals surface area contributed by atoms with Crippen LogP contribution in [0.25, 0.3) is 0 Å². The molecule has 1 heterocycles. The topological polar surface area (TPSA) is 77.0 Å². The zero-order valence-corrected chi connectivity index (χ0v) is 9.19. The van der Waals surface area contributed by atoms with Gasteiger partial charge in [0.15, 0.2) is 6.10 Å². The Morgan fingerprint density at radius 1 is 1.41 bits per heavy atom. The lowest BCUT2D eigenvalue weighted by molar-refractivity contribution is -0.208. The number of aliphatic hydroxyl groups is 1. The molecule has 98 valence electrons. The van der Waals surface area contributed by atoms with Gasteiger partial charge in [-0.25, -0.2) is 4.68 Å². The molecular formula is C9H15F3N4O. The number of alkyl halides is 3. The van der Waals surface area contributed by atoms with Crippen LogP contribution in [0.3, 0.4) is 0 Å². The third kappa shape index (κ3) is 4.70. The lowest BCUT2D eigenvalue weighted by Crippen LogP contribution is -2.32. The molecule has 0 aliphatic heterocycles. The molecule has 0 aromatic carbocycles. The molecule has 0 amide bonds. The fourth-order valence-corrected chi connectivity index (χ4v) is 1.27. The van der Waals surface area contributed by atoms with E-state index >= 15 is 0 Å². The van der Waals surface area contributed by atoms with Gasteiger partial charge in [0.05, 0.1) is 12.2 Å². The molecule has 0 spiro atoms. The van der Waals surface area contributed by atoms with E-state index in [0.29, 0.717) is 18.7 Å². The van der Waals surface area contributed by atoms with Gasteiger partial charge in [0.2, 0.25) is 0 Å². The zero-order chi connectivity index (χ0) is 12.9. The van der Waals surface area contributed by atoms with Crippen molar-refractivity contribution in [3.8, 4) is 0 Å². The predicted octanol–water partition coefficient (Wildman–Crippen LogP) is 0.483. The highest BCUT2D eigenvalue weighted by atomic mass is 19.4. The lowest BCUT2D eigenvalue weighted by Gasteiger charge is -2.13. The molecule has 5 nitrogen and oxygen atoms in total. The maximum atomic E-state index is 12.1. The van der Waals surface area contributed by atoms with Crippen molar-refractivity contribution < 1.29 is 18.3 Å². The van der Waals surface area contributed by atoms with E-state index in [1.54, 1.807) is 0 Å². The van der Waals surface area contributed by atoms with Gasteiger partial charge in [0, 0.05) is 6.20 Å². The maximum Gasteiger partial charge on any atom is 0.416 e. The summed E-state index contributed by atoms with van der Waals surface area (Å²) in [4.78, 5) is 0. The van der Waals surface area contributed by atoms with E-state index in [2.05, 4.69) is 10.3 Å². The molecule has 1 rings (SSSR count). The average molecular weight is 252 g/mol. The molecular weight excluding hydrogens is 237 g/mol. The number of aromatic nitrogens is 3. The summed E-state index contributed by atoms with van der Waals surface area (Å²) in [7, 11) is 0. The minimum atomic E-state index is -4.63. The molecule has 0 radical (unpaired) electrons. The molecule has 8 heteroatoms. The molecule has 1 unspecified atom stereocenters. The molecule has 0 fully saturated rings. The third-order valence-electron chi connectivity index (χ3n) is 2.21. The Morgan fingerprint density at radius 3 is 2.71 bits per heavy atom. The van der Waals surface area contributed by atoms with Gasteiger partial charge in [-0.15, -0.1) is 5.10 Å². The Morgan fingerprint density at radius 2 is 2.12 bits per heavy atom. The van der Waals surface area contributed by atoms with E-state index < -0.39 is 18.8 Å². The number of rotatable bonds is 6. The van der Waals surface area contributed by atoms with Crippen LogP contribution in [0.5, 0.6) is 0 Å². The molecule has 17 heavy (non-hydrogen) atoms. The van der Waals surface area contributed by atoms with Crippen molar-refractivity contribution in [3.63, 3.8) is 0 Å². The molecule has 0 aliphatic carbocycles. The lowest BCUT2D eigenvalue weighted by atomic mass is 10.2. The Labute approximate surface area is 96.4 Å². The van der Waals surface area contributed by atoms with Gasteiger partial charge in [0.25, 0.3) is 0 Å². The van der Waals surface area contributed by atoms with Crippen LogP contribution in [-0.2, 0) is 13.0 Å². The summed E-state index contributed by atoms with van der Waals surface area (Å²) in [5.41, 5.74) is 5.92. The molecule has 1 aromatic heterocycles. The first kappa shape index (κ1) is 13.9. The zero-order valence-electron chi connectivity index (χ0n) is 9.19. The van der Waals surface area contributed by atoms with Gasteiger partial charge < -0.3 is 10.8 Å². The first-order valence-corrected chi connectivity index (χ1v) is 5.27. The second-order valence-electron chi connectivity index (χ2n) is 3.74. The van der Waals surface area contributed by atoms with E-state index in [0.717, 1.165) is 17.5 Å². The number of aliphatic hydroxyl groups excluding tert-OH is 1. The molecule has 3 N–H and O–H groups in total. The monoisotopic (exact) mass is 252 g/mol. The van der Waals surface area contributed by atoms with Crippen molar-refractivity contribution in [2.75, 3.05) is 6.54 Å². The molecule has 1 aromatic rings. The summed E-state index contributed by atoms with van der Waals surface area (Å²) in [6, 6.07) is 0. The van der Waals surface area contributed by atoms with Crippen molar-refractivity contribution in [1.29, 1.82) is 0 Å². The van der Waals surface area contributed by atoms with E-state index in [4.69, 9.17) is 10.8 Å². The predicted molar refractivity (Wildman–Crippen MR) is 54.1 cm³/mol. The Bertz CT molecular complexity index is 339. The quantitative estimate of drug-likeness (QED) is 0.722. The summed E-state index contributed by atoms with van der Waals surface area (Å²) < 4.78 is 37.2. The van der Waals surface area contributed by atoms with Gasteiger partial charge >= 0.3 is 6.18 Å². The number of aryl methyl sites for hydroxylation is 1. The minimum Gasteiger partial charge on any atom is -0.382 e. The molecule has 0 bridgehead atoms. The van der Waals surface area contributed by atoms with Gasteiger partial charge in [-0.1, -0.05) is 5.21 Å². The Balaban J connectivity index is 2.45. The van der Waals surface area contributed by atoms with Crippen LogP contribution in [0.4, 0.5) is 13.2 Å². The SMILES string of the molecule is NCCCCc1cn(CC(O)C(F)(F)F)nn1. The molecule has 0 saturated heterocycles. The number of unbranched alkanes of at least 4 members (excludes halogenated alkanes) is 1. The molecule has 0 saturated carbocycles. The maximum absolute atomic E-state index is 12.1. The highest BCUT2D eigenvalue weighted by Crippen LogP contribution is 2.20. The van der Waals surface area contributed by atoms with Crippen LogP contribution in [0.15, 0.2) is 6.20 Å². The smallest absolute Gasteiger partial charge is 0.382 e. The summed E-state index contributed by atoms with van der Waals surface area (Å²) in [6.45, 7) is -0.0612. The molecule has 1 atom stereocenters. The van der Waals surface area contributed by atoms with Crippen molar-refractivity contribution in [1.82, 2.24) is 15.0 Å². The molecule has 0 aliphatic rings. The number of nitrogens with zero attached hydrogens (tertiary/aromatic N) is 3. The van der Waals surface area contributed by atoms with Crippen molar-refractivity contribution >= 4 is 0 Å². The Hall–Kier alpha value is -1.15. The van der Waals surface area contributed by atoms with E-state index in [9.17, 15) is 13.2 Å². The van der Waals surface area contributed by atoms with E-state index in [1.165, 1.54) is 6.20 Å². The van der Waals surface area contributed by atoms with E-state index in [-0.39, 0.29) is 0 Å². The fraction of sp³-hybridized carbons (Fsp3) is 0.778. The summed E-state index contributed by atoms with van der Waals surface area (Å²) in [5, 5.41) is 16.1. The minimum absolute atomic E-state index is 0.570. The van der Waals surface area contributed by atoms with Crippen LogP contribution in [0.1, 0.15) is 18.5 Å². The standard InChI is InChI=1S/C9H15F3N4O/c10-9(11,12)8(17)6-16-5-7(14-15-16)3-1-2-4-13/h5,8,17H,1-4,6,13H2. The van der Waals surface area contributed by atoms with Crippen molar-refractivity contribution in [2.45, 2.75) is 38.1 Å². The van der Waals surface area contributed by atoms with Crippen LogP contribution in [-0.4, -0.2) is 38.9 Å². The van der Waals surface area contributed by atoms with Crippen LogP contribution in [0.2, 0.25) is 0 Å². The highest BCUT2D eigenvalue weighted by Gasteiger charge is 2.38. The van der Waals surface area contributed by atoms with E-state index in [1.807, 2.05) is 0 Å². The number of halogens is 3. The van der Waals surface area contributed by atoms with Gasteiger partial charge in [-0.3, -0.25) is 0 Å². The second-order valence-corrected chi connectivity index (χ2v) is 3.74. The van der Waals surface area contributed by atoms with Crippen molar-refractivity contribution in [2.24, 2.45) is 5.73 Å². The first-order chi connectivity index (χ1) is 7.93. The van der Waals surface area contributed by atoms with Crippen molar-refractivity contribution in [3.05, 3.63) is 11.9 Å². The largest absolute Gasteiger partial charge is 0.416 e. The summed E-state index contributed by atoms with van der Waals surface area (Å²) in [5.74, 6) is 0. The number of hydrogen-bond donors (Lipinski definition) is 2. The fourth-order valence-electron chi connectivity index (χ4n) is 1.27. The average Bonchev–Trinajstić information content (AvgIpc) is 2.65. The van der Waals surface area contributed by atoms with Crippen LogP contribution in [0, 0.1) is 0 Å². The second kappa shape index (κ2) is 5.97. The number of nitrogens with two attached hydrogens (primary N) is 1. The third-order valence-corrected chi connectivity index (χ3v) is 2.21. The summed E-state index contributed by atoms with van der Waals surface area (Å²) >= 11 is 0. The summed E-state index contributed by atoms with van der Waals surface area (Å²) in [6.07, 6.45) is -3.37. The van der Waals surface area contributed by atoms with Gasteiger partial charge in [-0.2, -0.15) is 13.2 Å². The number of hydrogen-bond acceptors (Lipinski definition) is 4. The highest BCUT2D eigenvalue weighted by molar-refractivity contribution is 4.92. The van der Waals surface area contributed by atoms with Gasteiger partial charge in [0.1, 0.15) is 0 Å². The first-order valence-electron chi connectivity index (χ1n) is 5.27. The van der Waals surface area contributed by atoms with Gasteiger partial charge in [-0.05, 0) is 25.8 Å². The normalized spacial score (nSPS) is 13.9. The van der Waals surface area contributed by atoms with Crippen LogP contribution < -0.4 is 5.73 Å². The van der Waals surface area contributed by atoms with Crippen LogP contribution >= 0.6 is 0 Å².